The molecule has 1 fully saturated rings. The Labute approximate surface area is 141 Å². The van der Waals surface area contributed by atoms with E-state index >= 15 is 0 Å². The van der Waals surface area contributed by atoms with Crippen molar-refractivity contribution in [2.75, 3.05) is 10.6 Å². The summed E-state index contributed by atoms with van der Waals surface area (Å²) in [5.41, 5.74) is 0.0247. The van der Waals surface area contributed by atoms with E-state index in [2.05, 4.69) is 25.6 Å². The van der Waals surface area contributed by atoms with Crippen LogP contribution in [0.25, 0.3) is 11.8 Å². The van der Waals surface area contributed by atoms with Gasteiger partial charge in [0, 0.05) is 29.4 Å². The van der Waals surface area contributed by atoms with Crippen molar-refractivity contribution in [2.24, 2.45) is 0 Å². The van der Waals surface area contributed by atoms with E-state index in [1.165, 1.54) is 0 Å². The number of aromatic nitrogens is 3. The van der Waals surface area contributed by atoms with Gasteiger partial charge in [-0.05, 0) is 37.8 Å². The van der Waals surface area contributed by atoms with E-state index in [0.29, 0.717) is 0 Å². The van der Waals surface area contributed by atoms with Gasteiger partial charge in [-0.1, -0.05) is 6.08 Å². The largest absolute Gasteiger partial charge is 0.421 e. The monoisotopic (exact) mass is 347 g/mol. The highest BCUT2D eigenvalue weighted by Gasteiger charge is 2.36. The average molecular weight is 347 g/mol. The van der Waals surface area contributed by atoms with Crippen LogP contribution in [0.15, 0.2) is 24.5 Å². The fourth-order valence-electron chi connectivity index (χ4n) is 2.77. The first-order valence-electron chi connectivity index (χ1n) is 8.13. The summed E-state index contributed by atoms with van der Waals surface area (Å²) in [4.78, 5) is 12.3. The Balaban J connectivity index is 1.71. The summed E-state index contributed by atoms with van der Waals surface area (Å²) in [6, 6.07) is 3.81. The molecule has 0 aromatic carbocycles. The summed E-state index contributed by atoms with van der Waals surface area (Å²) in [6.45, 7) is 0. The zero-order chi connectivity index (χ0) is 17.4. The molecule has 2 heterocycles. The van der Waals surface area contributed by atoms with E-state index in [0.717, 1.165) is 48.1 Å². The molecular weight excluding hydrogens is 331 g/mol. The van der Waals surface area contributed by atoms with Crippen LogP contribution in [-0.2, 0) is 6.18 Å². The number of hydrogen-bond donors (Lipinski definition) is 2. The summed E-state index contributed by atoms with van der Waals surface area (Å²) >= 11 is 0. The van der Waals surface area contributed by atoms with Gasteiger partial charge >= 0.3 is 6.18 Å². The molecule has 0 bridgehead atoms. The fraction of sp³-hybridized carbons (Fsp3) is 0.353. The molecular formula is C17H16F3N5. The van der Waals surface area contributed by atoms with Crippen molar-refractivity contribution in [1.82, 2.24) is 15.0 Å². The fourth-order valence-corrected chi connectivity index (χ4v) is 2.77. The molecule has 2 N–H and O–H groups in total. The lowest BCUT2D eigenvalue weighted by Gasteiger charge is -2.16. The van der Waals surface area contributed by atoms with E-state index in [-0.39, 0.29) is 17.8 Å². The third-order valence-electron chi connectivity index (χ3n) is 4.17. The number of rotatable bonds is 4. The highest BCUT2D eigenvalue weighted by Crippen LogP contribution is 2.36. The zero-order valence-electron chi connectivity index (χ0n) is 13.3. The molecule has 0 spiro atoms. The third kappa shape index (κ3) is 3.42. The van der Waals surface area contributed by atoms with Crippen LogP contribution in [0.2, 0.25) is 0 Å². The summed E-state index contributed by atoms with van der Waals surface area (Å²) in [5.74, 6) is -0.00950. The molecule has 2 aliphatic rings. The van der Waals surface area contributed by atoms with Gasteiger partial charge in [-0.3, -0.25) is 4.98 Å². The molecule has 0 amide bonds. The Bertz CT molecular complexity index is 919. The quantitative estimate of drug-likeness (QED) is 0.888. The number of alkyl halides is 3. The van der Waals surface area contributed by atoms with Crippen LogP contribution in [0.5, 0.6) is 0 Å². The zero-order valence-corrected chi connectivity index (χ0v) is 13.3. The predicted octanol–water partition coefficient (Wildman–Crippen LogP) is 2.26. The molecule has 0 atom stereocenters. The lowest BCUT2D eigenvalue weighted by Crippen LogP contribution is -2.34. The lowest BCUT2D eigenvalue weighted by atomic mass is 10.1. The second-order valence-electron chi connectivity index (χ2n) is 6.15. The summed E-state index contributed by atoms with van der Waals surface area (Å²) in [5, 5.41) is 7.71. The topological polar surface area (TPSA) is 62.7 Å². The van der Waals surface area contributed by atoms with E-state index in [9.17, 15) is 13.2 Å². The maximum atomic E-state index is 13.1. The van der Waals surface area contributed by atoms with E-state index in [1.54, 1.807) is 6.20 Å². The number of hydrogen-bond acceptors (Lipinski definition) is 5. The Kier molecular flexibility index (Phi) is 3.82. The molecule has 130 valence electrons. The van der Waals surface area contributed by atoms with Crippen LogP contribution in [0.4, 0.5) is 24.9 Å². The van der Waals surface area contributed by atoms with Crippen molar-refractivity contribution in [2.45, 2.75) is 37.9 Å². The normalized spacial score (nSPS) is 16.8. The summed E-state index contributed by atoms with van der Waals surface area (Å²) < 4.78 is 39.4. The molecule has 5 nitrogen and oxygen atoms in total. The van der Waals surface area contributed by atoms with Crippen molar-refractivity contribution < 1.29 is 13.2 Å². The molecule has 0 saturated heterocycles. The van der Waals surface area contributed by atoms with E-state index in [1.807, 2.05) is 18.2 Å². The van der Waals surface area contributed by atoms with Crippen molar-refractivity contribution in [1.29, 1.82) is 0 Å². The molecule has 2 aliphatic carbocycles. The standard InChI is InChI=1S/C17H16F3N5/c18-17(19,20)12-9-22-16(25-15(12)23-10-6-7-10)24-14-5-1-4-13-11(14)3-2-8-21-13/h2-4,8-10H,1,5-7H2,(H2,22,23,24,25). The number of nitrogens with zero attached hydrogens (tertiary/aromatic N) is 3. The van der Waals surface area contributed by atoms with Gasteiger partial charge < -0.3 is 10.6 Å². The molecule has 8 heteroatoms. The number of pyridine rings is 1. The van der Waals surface area contributed by atoms with Crippen molar-refractivity contribution in [3.05, 3.63) is 40.7 Å². The van der Waals surface area contributed by atoms with Crippen LogP contribution in [0.1, 0.15) is 31.2 Å². The first kappa shape index (κ1) is 15.9. The average Bonchev–Trinajstić information content (AvgIpc) is 3.38. The third-order valence-corrected chi connectivity index (χ3v) is 4.17. The Morgan fingerprint density at radius 1 is 1.16 bits per heavy atom. The van der Waals surface area contributed by atoms with Crippen molar-refractivity contribution in [3.63, 3.8) is 0 Å². The first-order chi connectivity index (χ1) is 12.0. The van der Waals surface area contributed by atoms with Gasteiger partial charge in [-0.25, -0.2) is 4.98 Å². The highest BCUT2D eigenvalue weighted by atomic mass is 19.4. The maximum Gasteiger partial charge on any atom is 0.421 e. The van der Waals surface area contributed by atoms with Gasteiger partial charge in [0.25, 0.3) is 0 Å². The van der Waals surface area contributed by atoms with Gasteiger partial charge in [-0.15, -0.1) is 0 Å². The van der Waals surface area contributed by atoms with Crippen LogP contribution in [0.3, 0.4) is 0 Å². The van der Waals surface area contributed by atoms with Crippen molar-refractivity contribution >= 4 is 23.5 Å². The molecule has 0 radical (unpaired) electrons. The molecule has 2 aromatic rings. The molecule has 25 heavy (non-hydrogen) atoms. The molecule has 0 aliphatic heterocycles. The van der Waals surface area contributed by atoms with E-state index < -0.39 is 11.7 Å². The predicted molar refractivity (Wildman–Crippen MR) is 87.9 cm³/mol. The minimum Gasteiger partial charge on any atom is -0.367 e. The second-order valence-corrected chi connectivity index (χ2v) is 6.15. The number of fused-ring (bicyclic) bond motifs is 1. The van der Waals surface area contributed by atoms with Crippen LogP contribution < -0.4 is 21.2 Å². The molecule has 0 unspecified atom stereocenters. The molecule has 1 saturated carbocycles. The van der Waals surface area contributed by atoms with Crippen LogP contribution in [0, 0.1) is 0 Å². The molecule has 2 aromatic heterocycles. The van der Waals surface area contributed by atoms with Gasteiger partial charge in [0.2, 0.25) is 5.95 Å². The summed E-state index contributed by atoms with van der Waals surface area (Å²) in [6.07, 6.45) is 3.35. The maximum absolute atomic E-state index is 13.1. The Hall–Kier alpha value is -2.64. The lowest BCUT2D eigenvalue weighted by molar-refractivity contribution is -0.137. The Morgan fingerprint density at radius 2 is 2.00 bits per heavy atom. The number of nitrogens with one attached hydrogen (secondary N) is 2. The van der Waals surface area contributed by atoms with Gasteiger partial charge in [0.1, 0.15) is 11.4 Å². The number of anilines is 2. The van der Waals surface area contributed by atoms with Crippen LogP contribution in [-0.4, -0.2) is 21.0 Å². The van der Waals surface area contributed by atoms with Crippen molar-refractivity contribution in [3.8, 4) is 0 Å². The van der Waals surface area contributed by atoms with Gasteiger partial charge in [0.05, 0.1) is 5.35 Å². The first-order valence-corrected chi connectivity index (χ1v) is 8.13. The number of halogens is 3. The van der Waals surface area contributed by atoms with Gasteiger partial charge in [0.15, 0.2) is 0 Å². The summed E-state index contributed by atoms with van der Waals surface area (Å²) in [7, 11) is 0. The van der Waals surface area contributed by atoms with E-state index in [4.69, 9.17) is 0 Å². The minimum absolute atomic E-state index is 0.0608. The smallest absolute Gasteiger partial charge is 0.367 e. The van der Waals surface area contributed by atoms with Crippen LogP contribution >= 0.6 is 0 Å². The molecule has 4 rings (SSSR count). The van der Waals surface area contributed by atoms with Gasteiger partial charge in [-0.2, -0.15) is 18.2 Å². The second kappa shape index (κ2) is 6.02. The Morgan fingerprint density at radius 3 is 2.76 bits per heavy atom. The SMILES string of the molecule is FC(F)(F)c1cnc(NC2=c3cccnc3=CCC2)nc1NC1CC1. The minimum atomic E-state index is -4.49. The highest BCUT2D eigenvalue weighted by molar-refractivity contribution is 5.63.